The molecule has 0 saturated carbocycles. The van der Waals surface area contributed by atoms with Crippen LogP contribution in [0, 0.1) is 11.6 Å². The summed E-state index contributed by atoms with van der Waals surface area (Å²) in [5, 5.41) is 3.00. The van der Waals surface area contributed by atoms with E-state index in [0.717, 1.165) is 67.5 Å². The first kappa shape index (κ1) is 40.4. The Morgan fingerprint density at radius 2 is 1.54 bits per heavy atom. The highest BCUT2D eigenvalue weighted by molar-refractivity contribution is 5.95. The highest BCUT2D eigenvalue weighted by Gasteiger charge is 2.35. The Morgan fingerprint density at radius 1 is 0.904 bits per heavy atom. The van der Waals surface area contributed by atoms with Gasteiger partial charge in [0.15, 0.2) is 11.6 Å². The van der Waals surface area contributed by atoms with Gasteiger partial charge >= 0.3 is 0 Å². The third-order valence-electron chi connectivity index (χ3n) is 10.8. The molecule has 0 aromatic heterocycles. The number of halogens is 2. The van der Waals surface area contributed by atoms with Gasteiger partial charge < -0.3 is 25.8 Å². The summed E-state index contributed by atoms with van der Waals surface area (Å²) in [6.07, 6.45) is 8.27. The van der Waals surface area contributed by atoms with Crippen molar-refractivity contribution >= 4 is 17.7 Å². The Morgan fingerprint density at radius 3 is 2.15 bits per heavy atom. The molecule has 3 unspecified atom stereocenters. The SMILES string of the molecule is CCC(N)(CC)C/C=C/C(=O)N(C)C(Cc1ccc(-c2ccccc2)cc1)C(=O)N(C)C(Cc1ccc(F)c(F)c1)C(=O)NCCC1CCCN1C. The lowest BCUT2D eigenvalue weighted by Gasteiger charge is -2.34. The van der Waals surface area contributed by atoms with Gasteiger partial charge in [-0.25, -0.2) is 8.78 Å². The van der Waals surface area contributed by atoms with Crippen LogP contribution in [0.2, 0.25) is 0 Å². The fourth-order valence-electron chi connectivity index (χ4n) is 6.79. The predicted molar refractivity (Wildman–Crippen MR) is 203 cm³/mol. The fraction of sp³-hybridized carbons (Fsp3) is 0.452. The van der Waals surface area contributed by atoms with Gasteiger partial charge in [0, 0.05) is 45.1 Å². The Hall–Kier alpha value is -4.41. The number of amides is 3. The molecule has 3 atom stereocenters. The van der Waals surface area contributed by atoms with Crippen molar-refractivity contribution in [2.45, 2.75) is 88.9 Å². The average molecular weight is 716 g/mol. The van der Waals surface area contributed by atoms with Gasteiger partial charge in [-0.2, -0.15) is 0 Å². The number of benzene rings is 3. The second kappa shape index (κ2) is 18.9. The number of hydrogen-bond acceptors (Lipinski definition) is 5. The lowest BCUT2D eigenvalue weighted by atomic mass is 9.90. The number of likely N-dealkylation sites (tertiary alicyclic amines) is 1. The number of likely N-dealkylation sites (N-methyl/N-ethyl adjacent to an activating group) is 2. The normalized spacial score (nSPS) is 16.1. The summed E-state index contributed by atoms with van der Waals surface area (Å²) in [6.45, 7) is 5.44. The van der Waals surface area contributed by atoms with E-state index in [1.807, 2.05) is 68.4 Å². The fourth-order valence-corrected chi connectivity index (χ4v) is 6.79. The maximum absolute atomic E-state index is 14.6. The molecular weight excluding hydrogens is 660 g/mol. The molecule has 1 saturated heterocycles. The zero-order valence-electron chi connectivity index (χ0n) is 31.3. The molecule has 1 aliphatic heterocycles. The van der Waals surface area contributed by atoms with Crippen LogP contribution in [0.3, 0.4) is 0 Å². The molecule has 3 N–H and O–H groups in total. The molecule has 3 aromatic carbocycles. The second-order valence-corrected chi connectivity index (χ2v) is 14.2. The van der Waals surface area contributed by atoms with Crippen LogP contribution in [0.4, 0.5) is 8.78 Å². The molecular formula is C42H55F2N5O3. The van der Waals surface area contributed by atoms with Crippen molar-refractivity contribution in [3.8, 4) is 11.1 Å². The Kier molecular flexibility index (Phi) is 14.7. The van der Waals surface area contributed by atoms with E-state index >= 15 is 0 Å². The molecule has 0 bridgehead atoms. The third kappa shape index (κ3) is 10.8. The van der Waals surface area contributed by atoms with Gasteiger partial charge in [0.25, 0.3) is 0 Å². The molecule has 0 spiro atoms. The number of rotatable bonds is 17. The Labute approximate surface area is 308 Å². The number of hydrogen-bond donors (Lipinski definition) is 2. The van der Waals surface area contributed by atoms with Crippen LogP contribution in [0.15, 0.2) is 84.9 Å². The first-order valence-electron chi connectivity index (χ1n) is 18.4. The predicted octanol–water partition coefficient (Wildman–Crippen LogP) is 6.14. The van der Waals surface area contributed by atoms with E-state index in [1.165, 1.54) is 29.0 Å². The van der Waals surface area contributed by atoms with Crippen molar-refractivity contribution in [3.63, 3.8) is 0 Å². The van der Waals surface area contributed by atoms with Crippen molar-refractivity contribution in [2.75, 3.05) is 34.2 Å². The minimum absolute atomic E-state index is 0.0444. The lowest BCUT2D eigenvalue weighted by molar-refractivity contribution is -0.146. The largest absolute Gasteiger partial charge is 0.354 e. The smallest absolute Gasteiger partial charge is 0.246 e. The van der Waals surface area contributed by atoms with E-state index < -0.39 is 41.1 Å². The second-order valence-electron chi connectivity index (χ2n) is 14.2. The highest BCUT2D eigenvalue weighted by atomic mass is 19.2. The topological polar surface area (TPSA) is 99.0 Å². The average Bonchev–Trinajstić information content (AvgIpc) is 3.57. The maximum Gasteiger partial charge on any atom is 0.246 e. The Balaban J connectivity index is 1.61. The van der Waals surface area contributed by atoms with Crippen LogP contribution in [0.1, 0.15) is 63.5 Å². The van der Waals surface area contributed by atoms with E-state index in [2.05, 4.69) is 17.3 Å². The first-order valence-corrected chi connectivity index (χ1v) is 18.4. The van der Waals surface area contributed by atoms with E-state index in [0.29, 0.717) is 24.6 Å². The number of nitrogens with zero attached hydrogens (tertiary/aromatic N) is 3. The van der Waals surface area contributed by atoms with Crippen molar-refractivity contribution < 1.29 is 23.2 Å². The van der Waals surface area contributed by atoms with Gasteiger partial charge in [0.2, 0.25) is 17.7 Å². The van der Waals surface area contributed by atoms with Crippen LogP contribution < -0.4 is 11.1 Å². The zero-order chi connectivity index (χ0) is 37.8. The summed E-state index contributed by atoms with van der Waals surface area (Å²) in [6, 6.07) is 19.6. The molecule has 1 fully saturated rings. The molecule has 52 heavy (non-hydrogen) atoms. The summed E-state index contributed by atoms with van der Waals surface area (Å²) in [4.78, 5) is 47.1. The minimum atomic E-state index is -1.05. The Bertz CT molecular complexity index is 1660. The molecule has 0 aliphatic carbocycles. The lowest BCUT2D eigenvalue weighted by Crippen LogP contribution is -2.56. The molecule has 1 aliphatic rings. The monoisotopic (exact) mass is 715 g/mol. The van der Waals surface area contributed by atoms with Crippen molar-refractivity contribution in [3.05, 3.63) is 108 Å². The summed E-state index contributed by atoms with van der Waals surface area (Å²) in [7, 11) is 5.18. The summed E-state index contributed by atoms with van der Waals surface area (Å²) >= 11 is 0. The van der Waals surface area contributed by atoms with Crippen LogP contribution >= 0.6 is 0 Å². The summed E-state index contributed by atoms with van der Waals surface area (Å²) in [5.41, 5.74) is 9.30. The molecule has 3 aromatic rings. The molecule has 10 heteroatoms. The number of nitrogens with one attached hydrogen (secondary N) is 1. The highest BCUT2D eigenvalue weighted by Crippen LogP contribution is 2.23. The van der Waals surface area contributed by atoms with E-state index in [4.69, 9.17) is 5.73 Å². The first-order chi connectivity index (χ1) is 24.9. The standard InChI is InChI=1S/C42H55F2N5O3/c1-6-42(45,7-2)24-11-16-39(50)48(4)38(28-30-17-20-33(21-18-30)32-13-9-8-10-14-32)41(52)49(5)37(29-31-19-22-35(43)36(44)27-31)40(51)46-25-23-34-15-12-26-47(34)3/h8-11,13-14,16-22,27,34,37-38H,6-7,12,15,23-26,28-29,45H2,1-5H3,(H,46,51)/b16-11+. The van der Waals surface area contributed by atoms with Crippen LogP contribution in [0.5, 0.6) is 0 Å². The minimum Gasteiger partial charge on any atom is -0.354 e. The van der Waals surface area contributed by atoms with E-state index in [-0.39, 0.29) is 18.7 Å². The molecule has 4 rings (SSSR count). The quantitative estimate of drug-likeness (QED) is 0.164. The molecule has 0 radical (unpaired) electrons. The van der Waals surface area contributed by atoms with Gasteiger partial charge in [0.1, 0.15) is 12.1 Å². The zero-order valence-corrected chi connectivity index (χ0v) is 31.3. The molecule has 280 valence electrons. The summed E-state index contributed by atoms with van der Waals surface area (Å²) in [5.74, 6) is -3.25. The maximum atomic E-state index is 14.6. The molecule has 1 heterocycles. The van der Waals surface area contributed by atoms with Crippen molar-refractivity contribution in [2.24, 2.45) is 5.73 Å². The molecule has 8 nitrogen and oxygen atoms in total. The van der Waals surface area contributed by atoms with E-state index in [1.54, 1.807) is 13.1 Å². The van der Waals surface area contributed by atoms with Gasteiger partial charge in [-0.1, -0.05) is 80.6 Å². The van der Waals surface area contributed by atoms with Gasteiger partial charge in [-0.05, 0) is 92.6 Å². The van der Waals surface area contributed by atoms with E-state index in [9.17, 15) is 23.2 Å². The van der Waals surface area contributed by atoms with Crippen molar-refractivity contribution in [1.29, 1.82) is 0 Å². The number of carbonyl (C=O) groups excluding carboxylic acids is 3. The number of nitrogens with two attached hydrogens (primary N) is 1. The van der Waals surface area contributed by atoms with Crippen LogP contribution in [-0.2, 0) is 27.2 Å². The van der Waals surface area contributed by atoms with Crippen LogP contribution in [0.25, 0.3) is 11.1 Å². The summed E-state index contributed by atoms with van der Waals surface area (Å²) < 4.78 is 28.2. The van der Waals surface area contributed by atoms with Gasteiger partial charge in [-0.15, -0.1) is 0 Å². The molecule has 3 amide bonds. The van der Waals surface area contributed by atoms with Gasteiger partial charge in [-0.3, -0.25) is 14.4 Å². The van der Waals surface area contributed by atoms with Crippen LogP contribution in [-0.4, -0.2) is 90.3 Å². The number of carbonyl (C=O) groups is 3. The van der Waals surface area contributed by atoms with Gasteiger partial charge in [0.05, 0.1) is 0 Å². The van der Waals surface area contributed by atoms with Crippen molar-refractivity contribution in [1.82, 2.24) is 20.0 Å². The third-order valence-corrected chi connectivity index (χ3v) is 10.8.